The van der Waals surface area contributed by atoms with Crippen LogP contribution in [0.3, 0.4) is 0 Å². The fourth-order valence-electron chi connectivity index (χ4n) is 0.657. The van der Waals surface area contributed by atoms with Gasteiger partial charge in [-0.25, -0.2) is 4.98 Å². The van der Waals surface area contributed by atoms with Crippen molar-refractivity contribution in [1.29, 1.82) is 0 Å². The normalized spacial score (nSPS) is 11.9. The Hall–Kier alpha value is -0.120. The van der Waals surface area contributed by atoms with Gasteiger partial charge in [0.1, 0.15) is 4.60 Å². The highest BCUT2D eigenvalue weighted by atomic mass is 79.9. The molecule has 1 heterocycles. The van der Waals surface area contributed by atoms with Crippen molar-refractivity contribution in [2.75, 3.05) is 0 Å². The molecule has 0 saturated heterocycles. The maximum absolute atomic E-state index is 5.61. The SMILES string of the molecule is CC(N)c1ccc(Br)nc1.Cl. The van der Waals surface area contributed by atoms with Crippen LogP contribution in [0.1, 0.15) is 18.5 Å². The van der Waals surface area contributed by atoms with Gasteiger partial charge in [0.25, 0.3) is 0 Å². The van der Waals surface area contributed by atoms with E-state index < -0.39 is 0 Å². The largest absolute Gasteiger partial charge is 0.324 e. The molecule has 0 aromatic carbocycles. The van der Waals surface area contributed by atoms with Crippen molar-refractivity contribution in [3.63, 3.8) is 0 Å². The van der Waals surface area contributed by atoms with E-state index in [-0.39, 0.29) is 18.4 Å². The molecule has 1 aromatic heterocycles. The molecule has 0 aliphatic heterocycles. The second-order valence-electron chi connectivity index (χ2n) is 2.20. The van der Waals surface area contributed by atoms with E-state index in [1.807, 2.05) is 19.1 Å². The number of hydrogen-bond donors (Lipinski definition) is 1. The standard InChI is InChI=1S/C7H9BrN2.ClH/c1-5(9)6-2-3-7(8)10-4-6;/h2-5H,9H2,1H3;1H. The summed E-state index contributed by atoms with van der Waals surface area (Å²) in [4.78, 5) is 4.04. The molecule has 1 atom stereocenters. The van der Waals surface area contributed by atoms with Gasteiger partial charge in [-0.3, -0.25) is 0 Å². The molecule has 1 rings (SSSR count). The van der Waals surface area contributed by atoms with Crippen molar-refractivity contribution in [3.05, 3.63) is 28.5 Å². The number of pyridine rings is 1. The molecule has 2 nitrogen and oxygen atoms in total. The molecular formula is C7H10BrClN2. The van der Waals surface area contributed by atoms with Crippen LogP contribution in [0.15, 0.2) is 22.9 Å². The molecule has 0 radical (unpaired) electrons. The predicted molar refractivity (Wildman–Crippen MR) is 51.8 cm³/mol. The summed E-state index contributed by atoms with van der Waals surface area (Å²) in [7, 11) is 0. The lowest BCUT2D eigenvalue weighted by molar-refractivity contribution is 0.810. The second kappa shape index (κ2) is 4.70. The van der Waals surface area contributed by atoms with Gasteiger partial charge >= 0.3 is 0 Å². The van der Waals surface area contributed by atoms with E-state index in [1.165, 1.54) is 0 Å². The van der Waals surface area contributed by atoms with Gasteiger partial charge < -0.3 is 5.73 Å². The van der Waals surface area contributed by atoms with Crippen LogP contribution in [0.25, 0.3) is 0 Å². The summed E-state index contributed by atoms with van der Waals surface area (Å²) in [6.07, 6.45) is 1.77. The van der Waals surface area contributed by atoms with Crippen LogP contribution in [0.5, 0.6) is 0 Å². The fraction of sp³-hybridized carbons (Fsp3) is 0.286. The molecular weight excluding hydrogens is 227 g/mol. The number of halogens is 2. The van der Waals surface area contributed by atoms with Gasteiger partial charge in [-0.05, 0) is 34.5 Å². The molecule has 0 fully saturated rings. The highest BCUT2D eigenvalue weighted by molar-refractivity contribution is 9.10. The zero-order valence-corrected chi connectivity index (χ0v) is 8.52. The fourth-order valence-corrected chi connectivity index (χ4v) is 0.891. The van der Waals surface area contributed by atoms with E-state index in [4.69, 9.17) is 5.73 Å². The Morgan fingerprint density at radius 1 is 1.55 bits per heavy atom. The molecule has 0 amide bonds. The van der Waals surface area contributed by atoms with E-state index in [1.54, 1.807) is 6.20 Å². The van der Waals surface area contributed by atoms with Crippen molar-refractivity contribution in [2.24, 2.45) is 5.73 Å². The Morgan fingerprint density at radius 2 is 2.18 bits per heavy atom. The van der Waals surface area contributed by atoms with Gasteiger partial charge in [0.15, 0.2) is 0 Å². The molecule has 11 heavy (non-hydrogen) atoms. The van der Waals surface area contributed by atoms with Gasteiger partial charge in [-0.2, -0.15) is 0 Å². The molecule has 0 spiro atoms. The van der Waals surface area contributed by atoms with Crippen molar-refractivity contribution in [2.45, 2.75) is 13.0 Å². The molecule has 62 valence electrons. The van der Waals surface area contributed by atoms with Crippen molar-refractivity contribution < 1.29 is 0 Å². The topological polar surface area (TPSA) is 38.9 Å². The van der Waals surface area contributed by atoms with E-state index in [2.05, 4.69) is 20.9 Å². The first-order valence-electron chi connectivity index (χ1n) is 3.07. The lowest BCUT2D eigenvalue weighted by Gasteiger charge is -2.02. The Bertz CT molecular complexity index is 210. The van der Waals surface area contributed by atoms with Crippen LogP contribution in [0.2, 0.25) is 0 Å². The van der Waals surface area contributed by atoms with Crippen LogP contribution in [0.4, 0.5) is 0 Å². The van der Waals surface area contributed by atoms with Gasteiger partial charge in [0.05, 0.1) is 0 Å². The zero-order chi connectivity index (χ0) is 7.56. The summed E-state index contributed by atoms with van der Waals surface area (Å²) >= 11 is 3.24. The van der Waals surface area contributed by atoms with Crippen LogP contribution < -0.4 is 5.73 Å². The molecule has 0 aliphatic rings. The van der Waals surface area contributed by atoms with Crippen molar-refractivity contribution in [3.8, 4) is 0 Å². The first-order valence-corrected chi connectivity index (χ1v) is 3.86. The van der Waals surface area contributed by atoms with Crippen LogP contribution in [-0.2, 0) is 0 Å². The number of hydrogen-bond acceptors (Lipinski definition) is 2. The van der Waals surface area contributed by atoms with Gasteiger partial charge in [-0.1, -0.05) is 6.07 Å². The lowest BCUT2D eigenvalue weighted by atomic mass is 10.2. The molecule has 1 unspecified atom stereocenters. The molecule has 0 bridgehead atoms. The van der Waals surface area contributed by atoms with E-state index in [0.717, 1.165) is 10.2 Å². The Balaban J connectivity index is 0.000001000. The van der Waals surface area contributed by atoms with Gasteiger partial charge in [0, 0.05) is 12.2 Å². The highest BCUT2D eigenvalue weighted by Gasteiger charge is 1.97. The summed E-state index contributed by atoms with van der Waals surface area (Å²) in [6, 6.07) is 3.92. The summed E-state index contributed by atoms with van der Waals surface area (Å²) < 4.78 is 0.844. The van der Waals surface area contributed by atoms with Crippen molar-refractivity contribution >= 4 is 28.3 Å². The maximum Gasteiger partial charge on any atom is 0.106 e. The number of nitrogens with zero attached hydrogens (tertiary/aromatic N) is 1. The van der Waals surface area contributed by atoms with Crippen LogP contribution in [-0.4, -0.2) is 4.98 Å². The van der Waals surface area contributed by atoms with Gasteiger partial charge in [-0.15, -0.1) is 12.4 Å². The summed E-state index contributed by atoms with van der Waals surface area (Å²) in [5.74, 6) is 0. The van der Waals surface area contributed by atoms with Gasteiger partial charge in [0.2, 0.25) is 0 Å². The predicted octanol–water partition coefficient (Wildman–Crippen LogP) is 2.29. The zero-order valence-electron chi connectivity index (χ0n) is 6.12. The van der Waals surface area contributed by atoms with Crippen LogP contribution >= 0.6 is 28.3 Å². The van der Waals surface area contributed by atoms with E-state index >= 15 is 0 Å². The Labute approximate surface area is 80.7 Å². The highest BCUT2D eigenvalue weighted by Crippen LogP contribution is 2.10. The number of rotatable bonds is 1. The lowest BCUT2D eigenvalue weighted by Crippen LogP contribution is -2.04. The monoisotopic (exact) mass is 236 g/mol. The molecule has 0 saturated carbocycles. The van der Waals surface area contributed by atoms with E-state index in [0.29, 0.717) is 0 Å². The Morgan fingerprint density at radius 3 is 2.55 bits per heavy atom. The minimum Gasteiger partial charge on any atom is -0.324 e. The summed E-state index contributed by atoms with van der Waals surface area (Å²) in [5, 5.41) is 0. The number of nitrogens with two attached hydrogens (primary N) is 1. The first-order chi connectivity index (χ1) is 4.70. The quantitative estimate of drug-likeness (QED) is 0.761. The minimum absolute atomic E-state index is 0. The third kappa shape index (κ3) is 3.18. The number of aromatic nitrogens is 1. The molecule has 4 heteroatoms. The average Bonchev–Trinajstić information content (AvgIpc) is 1.88. The molecule has 0 aliphatic carbocycles. The molecule has 2 N–H and O–H groups in total. The van der Waals surface area contributed by atoms with Crippen LogP contribution in [0, 0.1) is 0 Å². The second-order valence-corrected chi connectivity index (χ2v) is 3.02. The smallest absolute Gasteiger partial charge is 0.106 e. The third-order valence-electron chi connectivity index (χ3n) is 1.28. The third-order valence-corrected chi connectivity index (χ3v) is 1.75. The summed E-state index contributed by atoms with van der Waals surface area (Å²) in [6.45, 7) is 1.94. The minimum atomic E-state index is 0. The van der Waals surface area contributed by atoms with Crippen molar-refractivity contribution in [1.82, 2.24) is 4.98 Å². The molecule has 1 aromatic rings. The average molecular weight is 238 g/mol. The first kappa shape index (κ1) is 10.9. The summed E-state index contributed by atoms with van der Waals surface area (Å²) in [5.41, 5.74) is 6.67. The van der Waals surface area contributed by atoms with E-state index in [9.17, 15) is 0 Å². The maximum atomic E-state index is 5.61. The Kier molecular flexibility index (Phi) is 4.65.